The number of hydrogen-bond donors (Lipinski definition) is 0. The molecule has 0 aliphatic rings. The van der Waals surface area contributed by atoms with Gasteiger partial charge in [-0.05, 0) is 73.4 Å². The highest BCUT2D eigenvalue weighted by molar-refractivity contribution is 6.30. The second-order valence-electron chi connectivity index (χ2n) is 9.74. The van der Waals surface area contributed by atoms with Crippen molar-refractivity contribution in [2.75, 3.05) is 0 Å². The molecule has 0 aliphatic heterocycles. The van der Waals surface area contributed by atoms with Gasteiger partial charge in [-0.15, -0.1) is 6.58 Å². The van der Waals surface area contributed by atoms with E-state index in [1.165, 1.54) is 46.2 Å². The van der Waals surface area contributed by atoms with E-state index in [2.05, 4.69) is 108 Å². The number of rotatable bonds is 8. The molecule has 3 rings (SSSR count). The first kappa shape index (κ1) is 30.7. The molecular weight excluding hydrogens is 444 g/mol. The van der Waals surface area contributed by atoms with Gasteiger partial charge >= 0.3 is 0 Å². The van der Waals surface area contributed by atoms with Gasteiger partial charge in [-0.2, -0.15) is 0 Å². The monoisotopic (exact) mass is 490 g/mol. The Morgan fingerprint density at radius 1 is 0.886 bits per heavy atom. The SMILES string of the molecule is C=C(C)CC.CC.CCCC(Cc1ccc(C(C)(C)c2ccc(C)cc2)cc1)c1cccc(Cl)c1. The van der Waals surface area contributed by atoms with Gasteiger partial charge < -0.3 is 0 Å². The van der Waals surface area contributed by atoms with E-state index in [0.29, 0.717) is 5.92 Å². The minimum Gasteiger partial charge on any atom is -0.100 e. The highest BCUT2D eigenvalue weighted by atomic mass is 35.5. The molecule has 190 valence electrons. The molecule has 1 heteroatoms. The van der Waals surface area contributed by atoms with Crippen LogP contribution in [0, 0.1) is 6.92 Å². The zero-order valence-corrected chi connectivity index (χ0v) is 24.2. The molecule has 0 saturated heterocycles. The lowest BCUT2D eigenvalue weighted by Crippen LogP contribution is -2.18. The molecule has 0 radical (unpaired) electrons. The number of allylic oxidation sites excluding steroid dienone is 1. The molecule has 3 aromatic rings. The average molecular weight is 491 g/mol. The third-order valence-corrected chi connectivity index (χ3v) is 6.73. The molecule has 0 amide bonds. The van der Waals surface area contributed by atoms with E-state index in [1.54, 1.807) is 0 Å². The first-order valence-corrected chi connectivity index (χ1v) is 13.6. The smallest absolute Gasteiger partial charge is 0.0408 e. The largest absolute Gasteiger partial charge is 0.100 e. The maximum atomic E-state index is 6.23. The van der Waals surface area contributed by atoms with Crippen molar-refractivity contribution >= 4 is 11.6 Å². The highest BCUT2D eigenvalue weighted by Gasteiger charge is 2.23. The molecule has 1 unspecified atom stereocenters. The van der Waals surface area contributed by atoms with Gasteiger partial charge in [-0.3, -0.25) is 0 Å². The molecule has 0 fully saturated rings. The summed E-state index contributed by atoms with van der Waals surface area (Å²) in [7, 11) is 0. The fourth-order valence-electron chi connectivity index (χ4n) is 3.97. The van der Waals surface area contributed by atoms with Crippen molar-refractivity contribution in [3.63, 3.8) is 0 Å². The standard InChI is InChI=1S/C27H31Cl.C5H10.C2H6/c1-5-7-22(23-8-6-9-26(28)19-23)18-21-12-16-25(17-13-21)27(3,4)24-14-10-20(2)11-15-24;1-4-5(2)3;1-2/h6,8-17,19,22H,5,7,18H2,1-4H3;2,4H2,1,3H3;1-2H3. The van der Waals surface area contributed by atoms with Crippen LogP contribution in [0.15, 0.2) is 84.9 Å². The van der Waals surface area contributed by atoms with Gasteiger partial charge in [-0.25, -0.2) is 0 Å². The predicted molar refractivity (Wildman–Crippen MR) is 159 cm³/mol. The Morgan fingerprint density at radius 3 is 1.86 bits per heavy atom. The van der Waals surface area contributed by atoms with Crippen molar-refractivity contribution in [1.82, 2.24) is 0 Å². The Morgan fingerprint density at radius 2 is 1.40 bits per heavy atom. The van der Waals surface area contributed by atoms with Gasteiger partial charge in [0.2, 0.25) is 0 Å². The van der Waals surface area contributed by atoms with E-state index >= 15 is 0 Å². The summed E-state index contributed by atoms with van der Waals surface area (Å²) in [5.41, 5.74) is 8.01. The maximum Gasteiger partial charge on any atom is 0.0408 e. The molecule has 0 spiro atoms. The summed E-state index contributed by atoms with van der Waals surface area (Å²) >= 11 is 6.23. The van der Waals surface area contributed by atoms with Crippen LogP contribution < -0.4 is 0 Å². The summed E-state index contributed by atoms with van der Waals surface area (Å²) < 4.78 is 0. The molecule has 0 aliphatic carbocycles. The van der Waals surface area contributed by atoms with Crippen LogP contribution in [-0.4, -0.2) is 0 Å². The molecule has 0 nitrogen and oxygen atoms in total. The fourth-order valence-corrected chi connectivity index (χ4v) is 4.17. The Bertz CT molecular complexity index is 994. The number of hydrogen-bond acceptors (Lipinski definition) is 0. The Balaban J connectivity index is 0.000000779. The lowest BCUT2D eigenvalue weighted by molar-refractivity contribution is 0.608. The van der Waals surface area contributed by atoms with Crippen LogP contribution in [0.3, 0.4) is 0 Å². The second-order valence-corrected chi connectivity index (χ2v) is 10.2. The van der Waals surface area contributed by atoms with Crippen molar-refractivity contribution in [2.45, 2.75) is 92.4 Å². The summed E-state index contributed by atoms with van der Waals surface area (Å²) in [6.07, 6.45) is 4.52. The Labute approximate surface area is 221 Å². The van der Waals surface area contributed by atoms with Crippen molar-refractivity contribution in [3.05, 3.63) is 118 Å². The van der Waals surface area contributed by atoms with E-state index in [0.717, 1.165) is 17.9 Å². The minimum absolute atomic E-state index is 0.00199. The van der Waals surface area contributed by atoms with Gasteiger partial charge in [0.1, 0.15) is 0 Å². The molecule has 3 aromatic carbocycles. The lowest BCUT2D eigenvalue weighted by atomic mass is 9.77. The third kappa shape index (κ3) is 10.1. The zero-order chi connectivity index (χ0) is 26.4. The van der Waals surface area contributed by atoms with Crippen LogP contribution >= 0.6 is 11.6 Å². The number of halogens is 1. The number of benzene rings is 3. The molecule has 1 atom stereocenters. The Kier molecular flexibility index (Phi) is 13.7. The van der Waals surface area contributed by atoms with Crippen LogP contribution in [0.25, 0.3) is 0 Å². The van der Waals surface area contributed by atoms with Gasteiger partial charge in [-0.1, -0.05) is 131 Å². The maximum absolute atomic E-state index is 6.23. The first-order chi connectivity index (χ1) is 16.7. The summed E-state index contributed by atoms with van der Waals surface area (Å²) in [6.45, 7) is 20.8. The van der Waals surface area contributed by atoms with Crippen molar-refractivity contribution in [3.8, 4) is 0 Å². The van der Waals surface area contributed by atoms with Crippen molar-refractivity contribution in [1.29, 1.82) is 0 Å². The highest BCUT2D eigenvalue weighted by Crippen LogP contribution is 2.33. The molecule has 35 heavy (non-hydrogen) atoms. The molecule has 0 bridgehead atoms. The van der Waals surface area contributed by atoms with Crippen LogP contribution in [0.1, 0.15) is 101 Å². The molecule has 0 N–H and O–H groups in total. The van der Waals surface area contributed by atoms with Crippen LogP contribution in [0.2, 0.25) is 5.02 Å². The quantitative estimate of drug-likeness (QED) is 0.275. The van der Waals surface area contributed by atoms with Crippen LogP contribution in [0.5, 0.6) is 0 Å². The van der Waals surface area contributed by atoms with E-state index in [9.17, 15) is 0 Å². The molecule has 0 aromatic heterocycles. The van der Waals surface area contributed by atoms with Crippen molar-refractivity contribution in [2.24, 2.45) is 0 Å². The van der Waals surface area contributed by atoms with Gasteiger partial charge in [0.25, 0.3) is 0 Å². The topological polar surface area (TPSA) is 0 Å². The van der Waals surface area contributed by atoms with Gasteiger partial charge in [0.05, 0.1) is 0 Å². The summed E-state index contributed by atoms with van der Waals surface area (Å²) in [5.74, 6) is 0.514. The van der Waals surface area contributed by atoms with Crippen LogP contribution in [-0.2, 0) is 11.8 Å². The fraction of sp³-hybridized carbons (Fsp3) is 0.412. The lowest BCUT2D eigenvalue weighted by Gasteiger charge is -2.27. The van der Waals surface area contributed by atoms with E-state index in [-0.39, 0.29) is 5.41 Å². The van der Waals surface area contributed by atoms with E-state index < -0.39 is 0 Å². The van der Waals surface area contributed by atoms with Gasteiger partial charge in [0.15, 0.2) is 0 Å². The normalized spacial score (nSPS) is 11.5. The zero-order valence-electron chi connectivity index (χ0n) is 23.4. The predicted octanol–water partition coefficient (Wildman–Crippen LogP) is 11.1. The summed E-state index contributed by atoms with van der Waals surface area (Å²) in [6, 6.07) is 26.5. The number of aryl methyl sites for hydroxylation is 1. The third-order valence-electron chi connectivity index (χ3n) is 6.49. The molecule has 0 heterocycles. The van der Waals surface area contributed by atoms with E-state index in [1.807, 2.05) is 26.8 Å². The summed E-state index contributed by atoms with van der Waals surface area (Å²) in [4.78, 5) is 0. The molecule has 0 saturated carbocycles. The van der Waals surface area contributed by atoms with Gasteiger partial charge in [0, 0.05) is 10.4 Å². The Hall–Kier alpha value is -2.31. The molecular formula is C34H47Cl. The van der Waals surface area contributed by atoms with Crippen LogP contribution in [0.4, 0.5) is 0 Å². The second kappa shape index (κ2) is 15.6. The summed E-state index contributed by atoms with van der Waals surface area (Å²) in [5, 5.41) is 0.828. The van der Waals surface area contributed by atoms with E-state index in [4.69, 9.17) is 11.6 Å². The average Bonchev–Trinajstić information content (AvgIpc) is 2.86. The minimum atomic E-state index is 0.00199. The van der Waals surface area contributed by atoms with Crippen molar-refractivity contribution < 1.29 is 0 Å². The first-order valence-electron chi connectivity index (χ1n) is 13.2.